The van der Waals surface area contributed by atoms with Crippen LogP contribution >= 0.6 is 22.6 Å². The third-order valence-corrected chi connectivity index (χ3v) is 5.27. The Hall–Kier alpha value is -2.42. The number of para-hydroxylation sites is 1. The fraction of sp³-hybridized carbons (Fsp3) is 0.286. The molecule has 0 saturated heterocycles. The molecule has 2 amide bonds. The maximum Gasteiger partial charge on any atom is 0.338 e. The maximum atomic E-state index is 12.5. The maximum absolute atomic E-state index is 12.5. The molecule has 0 bridgehead atoms. The minimum Gasteiger partial charge on any atom is -0.452 e. The molecular formula is C21H21IN2O4. The highest BCUT2D eigenvalue weighted by Crippen LogP contribution is 2.20. The third-order valence-electron chi connectivity index (χ3n) is 4.55. The summed E-state index contributed by atoms with van der Waals surface area (Å²) in [6, 6.07) is 13.9. The van der Waals surface area contributed by atoms with E-state index in [1.807, 2.05) is 0 Å². The summed E-state index contributed by atoms with van der Waals surface area (Å²) in [6.45, 7) is -0.427. The highest BCUT2D eigenvalue weighted by Gasteiger charge is 2.20. The van der Waals surface area contributed by atoms with Gasteiger partial charge in [0.2, 0.25) is 0 Å². The van der Waals surface area contributed by atoms with Crippen molar-refractivity contribution in [1.82, 2.24) is 5.32 Å². The van der Waals surface area contributed by atoms with Crippen LogP contribution in [0.3, 0.4) is 0 Å². The number of benzene rings is 2. The van der Waals surface area contributed by atoms with E-state index in [0.29, 0.717) is 16.8 Å². The number of hydrogen-bond acceptors (Lipinski definition) is 4. The number of rotatable bonds is 6. The number of ether oxygens (including phenoxy) is 1. The van der Waals surface area contributed by atoms with Gasteiger partial charge >= 0.3 is 5.97 Å². The number of esters is 1. The van der Waals surface area contributed by atoms with Gasteiger partial charge in [0.15, 0.2) is 6.61 Å². The number of hydrogen-bond donors (Lipinski definition) is 2. The first kappa shape index (κ1) is 20.3. The Kier molecular flexibility index (Phi) is 7.02. The molecule has 0 heterocycles. The second-order valence-corrected chi connectivity index (χ2v) is 7.88. The summed E-state index contributed by atoms with van der Waals surface area (Å²) in [6.07, 6.45) is 4.20. The Labute approximate surface area is 177 Å². The third kappa shape index (κ3) is 5.54. The number of carbonyl (C=O) groups is 3. The summed E-state index contributed by atoms with van der Waals surface area (Å²) in [5, 5.41) is 5.66. The van der Waals surface area contributed by atoms with Crippen LogP contribution in [-0.4, -0.2) is 30.4 Å². The minimum atomic E-state index is -0.571. The smallest absolute Gasteiger partial charge is 0.338 e. The van der Waals surface area contributed by atoms with Crippen molar-refractivity contribution in [3.8, 4) is 0 Å². The van der Waals surface area contributed by atoms with E-state index in [4.69, 9.17) is 4.74 Å². The van der Waals surface area contributed by atoms with Crippen LogP contribution in [0.25, 0.3) is 0 Å². The van der Waals surface area contributed by atoms with Gasteiger partial charge in [-0.15, -0.1) is 0 Å². The lowest BCUT2D eigenvalue weighted by Gasteiger charge is -2.15. The Morgan fingerprint density at radius 1 is 1.00 bits per heavy atom. The number of carbonyl (C=O) groups excluding carboxylic acids is 3. The van der Waals surface area contributed by atoms with Crippen molar-refractivity contribution in [2.75, 3.05) is 11.9 Å². The highest BCUT2D eigenvalue weighted by atomic mass is 127. The molecule has 1 fully saturated rings. The molecular weight excluding hydrogens is 471 g/mol. The Morgan fingerprint density at radius 3 is 2.39 bits per heavy atom. The van der Waals surface area contributed by atoms with E-state index in [1.165, 1.54) is 0 Å². The molecule has 2 N–H and O–H groups in total. The van der Waals surface area contributed by atoms with Crippen molar-refractivity contribution in [2.45, 2.75) is 31.7 Å². The molecule has 28 heavy (non-hydrogen) atoms. The van der Waals surface area contributed by atoms with Crippen molar-refractivity contribution in [2.24, 2.45) is 0 Å². The second kappa shape index (κ2) is 9.68. The van der Waals surface area contributed by atoms with E-state index < -0.39 is 18.5 Å². The SMILES string of the molecule is O=C(COC(=O)c1ccc(I)cc1)Nc1ccccc1C(=O)NC1CCCC1. The molecule has 0 unspecified atom stereocenters. The molecule has 0 aromatic heterocycles. The van der Waals surface area contributed by atoms with Gasteiger partial charge in [0, 0.05) is 9.61 Å². The van der Waals surface area contributed by atoms with Gasteiger partial charge in [-0.3, -0.25) is 9.59 Å². The molecule has 1 aliphatic carbocycles. The largest absolute Gasteiger partial charge is 0.452 e. The van der Waals surface area contributed by atoms with Crippen LogP contribution in [0.5, 0.6) is 0 Å². The molecule has 1 saturated carbocycles. The first-order chi connectivity index (χ1) is 13.5. The molecule has 7 heteroatoms. The van der Waals surface area contributed by atoms with E-state index in [1.54, 1.807) is 48.5 Å². The Morgan fingerprint density at radius 2 is 1.68 bits per heavy atom. The van der Waals surface area contributed by atoms with Crippen LogP contribution in [0.1, 0.15) is 46.4 Å². The van der Waals surface area contributed by atoms with Crippen molar-refractivity contribution in [1.29, 1.82) is 0 Å². The quantitative estimate of drug-likeness (QED) is 0.475. The van der Waals surface area contributed by atoms with E-state index in [-0.39, 0.29) is 11.9 Å². The summed E-state index contributed by atoms with van der Waals surface area (Å²) >= 11 is 2.14. The molecule has 0 atom stereocenters. The Balaban J connectivity index is 1.57. The zero-order chi connectivity index (χ0) is 19.9. The van der Waals surface area contributed by atoms with Crippen molar-refractivity contribution in [3.05, 3.63) is 63.2 Å². The predicted octanol–water partition coefficient (Wildman–Crippen LogP) is 3.76. The molecule has 2 aromatic rings. The van der Waals surface area contributed by atoms with Crippen molar-refractivity contribution >= 4 is 46.1 Å². The summed E-state index contributed by atoms with van der Waals surface area (Å²) in [5.74, 6) is -1.28. The van der Waals surface area contributed by atoms with Gasteiger partial charge in [0.05, 0.1) is 16.8 Å². The van der Waals surface area contributed by atoms with Crippen LogP contribution in [0.15, 0.2) is 48.5 Å². The molecule has 2 aromatic carbocycles. The first-order valence-electron chi connectivity index (χ1n) is 9.15. The lowest BCUT2D eigenvalue weighted by molar-refractivity contribution is -0.119. The number of amides is 2. The zero-order valence-electron chi connectivity index (χ0n) is 15.2. The van der Waals surface area contributed by atoms with E-state index in [0.717, 1.165) is 29.3 Å². The number of halogens is 1. The zero-order valence-corrected chi connectivity index (χ0v) is 17.4. The van der Waals surface area contributed by atoms with E-state index in [9.17, 15) is 14.4 Å². The molecule has 6 nitrogen and oxygen atoms in total. The predicted molar refractivity (Wildman–Crippen MR) is 114 cm³/mol. The van der Waals surface area contributed by atoms with Crippen LogP contribution in [0.4, 0.5) is 5.69 Å². The van der Waals surface area contributed by atoms with Gasteiger partial charge in [0.25, 0.3) is 11.8 Å². The topological polar surface area (TPSA) is 84.5 Å². The van der Waals surface area contributed by atoms with Crippen molar-refractivity contribution in [3.63, 3.8) is 0 Å². The fourth-order valence-corrected chi connectivity index (χ4v) is 3.47. The summed E-state index contributed by atoms with van der Waals surface area (Å²) in [4.78, 5) is 36.7. The molecule has 0 radical (unpaired) electrons. The van der Waals surface area contributed by atoms with Gasteiger partial charge in [-0.25, -0.2) is 4.79 Å². The van der Waals surface area contributed by atoms with E-state index in [2.05, 4.69) is 33.2 Å². The average molecular weight is 492 g/mol. The summed E-state index contributed by atoms with van der Waals surface area (Å²) in [7, 11) is 0. The van der Waals surface area contributed by atoms with Crippen LogP contribution in [0.2, 0.25) is 0 Å². The first-order valence-corrected chi connectivity index (χ1v) is 10.2. The fourth-order valence-electron chi connectivity index (χ4n) is 3.11. The van der Waals surface area contributed by atoms with Gasteiger partial charge < -0.3 is 15.4 Å². The van der Waals surface area contributed by atoms with Gasteiger partial charge in [0.1, 0.15) is 0 Å². The van der Waals surface area contributed by atoms with Crippen LogP contribution < -0.4 is 10.6 Å². The molecule has 0 spiro atoms. The van der Waals surface area contributed by atoms with Crippen molar-refractivity contribution < 1.29 is 19.1 Å². The van der Waals surface area contributed by atoms with Gasteiger partial charge in [-0.2, -0.15) is 0 Å². The monoisotopic (exact) mass is 492 g/mol. The molecule has 1 aliphatic rings. The van der Waals surface area contributed by atoms with Gasteiger partial charge in [-0.05, 0) is 71.8 Å². The summed E-state index contributed by atoms with van der Waals surface area (Å²) in [5.41, 5.74) is 1.17. The normalized spacial score (nSPS) is 13.8. The Bertz CT molecular complexity index is 861. The average Bonchev–Trinajstić information content (AvgIpc) is 3.20. The summed E-state index contributed by atoms with van der Waals surface area (Å²) < 4.78 is 6.06. The molecule has 3 rings (SSSR count). The van der Waals surface area contributed by atoms with Gasteiger partial charge in [-0.1, -0.05) is 25.0 Å². The highest BCUT2D eigenvalue weighted by molar-refractivity contribution is 14.1. The standard InChI is InChI=1S/C21H21IN2O4/c22-15-11-9-14(10-12-15)21(27)28-13-19(25)24-18-8-4-3-7-17(18)20(26)23-16-5-1-2-6-16/h3-4,7-12,16H,1-2,5-6,13H2,(H,23,26)(H,24,25). The minimum absolute atomic E-state index is 0.186. The molecule has 146 valence electrons. The lowest BCUT2D eigenvalue weighted by Crippen LogP contribution is -2.33. The van der Waals surface area contributed by atoms with Crippen LogP contribution in [-0.2, 0) is 9.53 Å². The lowest BCUT2D eigenvalue weighted by atomic mass is 10.1. The molecule has 0 aliphatic heterocycles. The van der Waals surface area contributed by atoms with E-state index >= 15 is 0 Å². The van der Waals surface area contributed by atoms with Crippen LogP contribution in [0, 0.1) is 3.57 Å². The second-order valence-electron chi connectivity index (χ2n) is 6.63. The number of anilines is 1. The number of nitrogens with one attached hydrogen (secondary N) is 2.